The van der Waals surface area contributed by atoms with Gasteiger partial charge in [0.1, 0.15) is 5.82 Å². The van der Waals surface area contributed by atoms with Gasteiger partial charge in [0.05, 0.1) is 11.1 Å². The Balaban J connectivity index is 2.63. The zero-order valence-corrected chi connectivity index (χ0v) is 13.9. The average molecular weight is 306 g/mol. The summed E-state index contributed by atoms with van der Waals surface area (Å²) < 4.78 is 13.3. The quantitative estimate of drug-likeness (QED) is 0.823. The number of hydrogen-bond acceptors (Lipinski definition) is 1. The Labute approximate surface area is 130 Å². The van der Waals surface area contributed by atoms with E-state index in [1.54, 1.807) is 12.1 Å². The number of benzene rings is 2. The molecule has 0 saturated heterocycles. The highest BCUT2D eigenvalue weighted by atomic mass is 35.5. The normalized spacial score (nSPS) is 12.6. The summed E-state index contributed by atoms with van der Waals surface area (Å²) in [7, 11) is 0. The first-order valence-electron chi connectivity index (χ1n) is 7.03. The van der Waals surface area contributed by atoms with Crippen LogP contribution >= 0.6 is 11.6 Å². The van der Waals surface area contributed by atoms with Crippen LogP contribution in [0.25, 0.3) is 0 Å². The van der Waals surface area contributed by atoms with Gasteiger partial charge in [-0.25, -0.2) is 4.39 Å². The number of nitrogens with two attached hydrogens (primary N) is 1. The second-order valence-electron chi connectivity index (χ2n) is 5.69. The third-order valence-electron chi connectivity index (χ3n) is 4.67. The number of halogens is 2. The Morgan fingerprint density at radius 2 is 1.38 bits per heavy atom. The molecule has 1 nitrogen and oxygen atoms in total. The van der Waals surface area contributed by atoms with Gasteiger partial charge < -0.3 is 5.73 Å². The Morgan fingerprint density at radius 1 is 0.905 bits per heavy atom. The van der Waals surface area contributed by atoms with Crippen molar-refractivity contribution < 1.29 is 4.39 Å². The largest absolute Gasteiger partial charge is 0.320 e. The second-order valence-corrected chi connectivity index (χ2v) is 6.10. The monoisotopic (exact) mass is 305 g/mol. The molecule has 0 aliphatic rings. The van der Waals surface area contributed by atoms with Gasteiger partial charge in [-0.1, -0.05) is 17.7 Å². The summed E-state index contributed by atoms with van der Waals surface area (Å²) in [6.07, 6.45) is 0. The number of rotatable bonds is 2. The molecular formula is C18H21ClFN. The SMILES string of the molecule is Cc1c(C)c(C)c(C(N)c2ccc(F)c(Cl)c2)c(C)c1C. The molecule has 0 saturated carbocycles. The van der Waals surface area contributed by atoms with Crippen molar-refractivity contribution in [2.24, 2.45) is 5.73 Å². The van der Waals surface area contributed by atoms with E-state index in [0.29, 0.717) is 0 Å². The molecule has 2 N–H and O–H groups in total. The van der Waals surface area contributed by atoms with E-state index in [4.69, 9.17) is 17.3 Å². The van der Waals surface area contributed by atoms with E-state index in [9.17, 15) is 4.39 Å². The summed E-state index contributed by atoms with van der Waals surface area (Å²) in [5.41, 5.74) is 14.6. The van der Waals surface area contributed by atoms with Crippen molar-refractivity contribution in [3.05, 3.63) is 68.0 Å². The van der Waals surface area contributed by atoms with Crippen LogP contribution in [0.15, 0.2) is 18.2 Å². The molecule has 0 amide bonds. The maximum Gasteiger partial charge on any atom is 0.141 e. The highest BCUT2D eigenvalue weighted by Gasteiger charge is 2.19. The molecule has 0 heterocycles. The van der Waals surface area contributed by atoms with Crippen LogP contribution in [0, 0.1) is 40.4 Å². The summed E-state index contributed by atoms with van der Waals surface area (Å²) in [6.45, 7) is 10.6. The van der Waals surface area contributed by atoms with E-state index < -0.39 is 5.82 Å². The lowest BCUT2D eigenvalue weighted by Gasteiger charge is -2.23. The van der Waals surface area contributed by atoms with Crippen LogP contribution < -0.4 is 5.73 Å². The van der Waals surface area contributed by atoms with E-state index in [2.05, 4.69) is 34.6 Å². The van der Waals surface area contributed by atoms with E-state index in [1.807, 2.05) is 0 Å². The Kier molecular flexibility index (Phi) is 4.40. The standard InChI is InChI=1S/C18H21ClFN/c1-9-10(2)12(4)17(13(5)11(9)3)18(21)14-6-7-16(20)15(19)8-14/h6-8,18H,21H2,1-5H3. The smallest absolute Gasteiger partial charge is 0.141 e. The van der Waals surface area contributed by atoms with Gasteiger partial charge in [0, 0.05) is 0 Å². The molecule has 0 bridgehead atoms. The molecule has 2 aromatic carbocycles. The van der Waals surface area contributed by atoms with Gasteiger partial charge in [-0.05, 0) is 85.7 Å². The Hall–Kier alpha value is -1.38. The third-order valence-corrected chi connectivity index (χ3v) is 4.96. The molecule has 0 radical (unpaired) electrons. The fourth-order valence-electron chi connectivity index (χ4n) is 2.87. The highest BCUT2D eigenvalue weighted by Crippen LogP contribution is 2.33. The first-order valence-corrected chi connectivity index (χ1v) is 7.40. The molecule has 0 fully saturated rings. The first kappa shape index (κ1) is 16.0. The molecule has 21 heavy (non-hydrogen) atoms. The van der Waals surface area contributed by atoms with E-state index in [0.717, 1.165) is 11.1 Å². The van der Waals surface area contributed by atoms with Crippen molar-refractivity contribution in [3.8, 4) is 0 Å². The molecule has 0 spiro atoms. The molecular weight excluding hydrogens is 285 g/mol. The van der Waals surface area contributed by atoms with Gasteiger partial charge in [-0.15, -0.1) is 0 Å². The lowest BCUT2D eigenvalue weighted by atomic mass is 9.84. The summed E-state index contributed by atoms with van der Waals surface area (Å²) in [4.78, 5) is 0. The third kappa shape index (κ3) is 2.70. The van der Waals surface area contributed by atoms with Crippen LogP contribution in [-0.4, -0.2) is 0 Å². The van der Waals surface area contributed by atoms with Crippen LogP contribution in [0.4, 0.5) is 4.39 Å². The topological polar surface area (TPSA) is 26.0 Å². The molecule has 112 valence electrons. The second kappa shape index (κ2) is 5.78. The van der Waals surface area contributed by atoms with Crippen molar-refractivity contribution in [2.75, 3.05) is 0 Å². The predicted octanol–water partition coefficient (Wildman–Crippen LogP) is 5.07. The minimum Gasteiger partial charge on any atom is -0.320 e. The highest BCUT2D eigenvalue weighted by molar-refractivity contribution is 6.30. The summed E-state index contributed by atoms with van der Waals surface area (Å²) in [5.74, 6) is -0.419. The molecule has 2 aromatic rings. The van der Waals surface area contributed by atoms with Gasteiger partial charge in [-0.2, -0.15) is 0 Å². The van der Waals surface area contributed by atoms with Crippen molar-refractivity contribution in [2.45, 2.75) is 40.7 Å². The fraction of sp³-hybridized carbons (Fsp3) is 0.333. The maximum atomic E-state index is 13.3. The predicted molar refractivity (Wildman–Crippen MR) is 87.6 cm³/mol. The lowest BCUT2D eigenvalue weighted by Crippen LogP contribution is -2.17. The van der Waals surface area contributed by atoms with Gasteiger partial charge in [0.15, 0.2) is 0 Å². The van der Waals surface area contributed by atoms with Crippen LogP contribution in [0.2, 0.25) is 5.02 Å². The molecule has 3 heteroatoms. The van der Waals surface area contributed by atoms with Crippen LogP contribution in [-0.2, 0) is 0 Å². The molecule has 0 aromatic heterocycles. The van der Waals surface area contributed by atoms with Crippen molar-refractivity contribution >= 4 is 11.6 Å². The van der Waals surface area contributed by atoms with Gasteiger partial charge in [0.25, 0.3) is 0 Å². The van der Waals surface area contributed by atoms with Crippen molar-refractivity contribution in [1.82, 2.24) is 0 Å². The van der Waals surface area contributed by atoms with Crippen molar-refractivity contribution in [1.29, 1.82) is 0 Å². The molecule has 0 aliphatic carbocycles. The maximum absolute atomic E-state index is 13.3. The molecule has 2 rings (SSSR count). The Morgan fingerprint density at radius 3 is 1.86 bits per heavy atom. The van der Waals surface area contributed by atoms with E-state index >= 15 is 0 Å². The van der Waals surface area contributed by atoms with Crippen LogP contribution in [0.5, 0.6) is 0 Å². The number of hydrogen-bond donors (Lipinski definition) is 1. The van der Waals surface area contributed by atoms with E-state index in [1.165, 1.54) is 33.9 Å². The van der Waals surface area contributed by atoms with Crippen LogP contribution in [0.3, 0.4) is 0 Å². The van der Waals surface area contributed by atoms with Gasteiger partial charge in [-0.3, -0.25) is 0 Å². The first-order chi connectivity index (χ1) is 9.75. The van der Waals surface area contributed by atoms with Gasteiger partial charge >= 0.3 is 0 Å². The minimum atomic E-state index is -0.419. The molecule has 0 aliphatic heterocycles. The summed E-state index contributed by atoms with van der Waals surface area (Å²) >= 11 is 5.88. The minimum absolute atomic E-state index is 0.110. The average Bonchev–Trinajstić information content (AvgIpc) is 2.46. The van der Waals surface area contributed by atoms with Gasteiger partial charge in [0.2, 0.25) is 0 Å². The molecule has 1 unspecified atom stereocenters. The Bertz CT molecular complexity index is 678. The van der Waals surface area contributed by atoms with Crippen molar-refractivity contribution in [3.63, 3.8) is 0 Å². The zero-order chi connectivity index (χ0) is 15.9. The summed E-state index contributed by atoms with van der Waals surface area (Å²) in [5, 5.41) is 0.110. The summed E-state index contributed by atoms with van der Waals surface area (Å²) in [6, 6.07) is 4.39. The molecule has 1 atom stereocenters. The lowest BCUT2D eigenvalue weighted by molar-refractivity contribution is 0.626. The van der Waals surface area contributed by atoms with Crippen LogP contribution in [0.1, 0.15) is 45.0 Å². The fourth-order valence-corrected chi connectivity index (χ4v) is 3.06. The zero-order valence-electron chi connectivity index (χ0n) is 13.1. The van der Waals surface area contributed by atoms with E-state index in [-0.39, 0.29) is 11.1 Å².